The highest BCUT2D eigenvalue weighted by Crippen LogP contribution is 2.25. The molecule has 8 heteroatoms. The maximum atomic E-state index is 12.6. The van der Waals surface area contributed by atoms with Crippen molar-refractivity contribution in [1.29, 1.82) is 0 Å². The van der Waals surface area contributed by atoms with Gasteiger partial charge >= 0.3 is 0 Å². The van der Waals surface area contributed by atoms with E-state index in [9.17, 15) is 4.79 Å². The molecule has 0 saturated carbocycles. The van der Waals surface area contributed by atoms with Crippen LogP contribution >= 0.6 is 11.6 Å². The maximum Gasteiger partial charge on any atom is 0.273 e. The smallest absolute Gasteiger partial charge is 0.273 e. The molecule has 1 atom stereocenters. The number of oxazole rings is 1. The first kappa shape index (κ1) is 24.4. The van der Waals surface area contributed by atoms with E-state index >= 15 is 0 Å². The summed E-state index contributed by atoms with van der Waals surface area (Å²) in [6.07, 6.45) is 1.43. The van der Waals surface area contributed by atoms with Crippen LogP contribution in [0.5, 0.6) is 0 Å². The van der Waals surface area contributed by atoms with Crippen LogP contribution in [0.1, 0.15) is 40.5 Å². The van der Waals surface area contributed by atoms with Crippen molar-refractivity contribution >= 4 is 17.5 Å². The Bertz CT molecular complexity index is 1050. The second-order valence-electron chi connectivity index (χ2n) is 8.46. The monoisotopic (exact) mass is 482 g/mol. The SMILES string of the molecule is C[C@H](c1ccccc1)N(Cc1cccc(Cl)c1)Cc1nc(C(=O)NCCN2CCOCC2)co1. The van der Waals surface area contributed by atoms with E-state index in [0.29, 0.717) is 36.2 Å². The quantitative estimate of drug-likeness (QED) is 0.468. The Morgan fingerprint density at radius 1 is 1.15 bits per heavy atom. The summed E-state index contributed by atoms with van der Waals surface area (Å²) in [6.45, 7) is 7.92. The van der Waals surface area contributed by atoms with Gasteiger partial charge in [0, 0.05) is 43.8 Å². The topological polar surface area (TPSA) is 70.8 Å². The van der Waals surface area contributed by atoms with E-state index in [1.807, 2.05) is 36.4 Å². The van der Waals surface area contributed by atoms with E-state index in [-0.39, 0.29) is 11.9 Å². The lowest BCUT2D eigenvalue weighted by atomic mass is 10.1. The van der Waals surface area contributed by atoms with Crippen LogP contribution in [0.3, 0.4) is 0 Å². The highest BCUT2D eigenvalue weighted by atomic mass is 35.5. The molecule has 7 nitrogen and oxygen atoms in total. The average Bonchev–Trinajstić information content (AvgIpc) is 3.33. The zero-order valence-electron chi connectivity index (χ0n) is 19.5. The van der Waals surface area contributed by atoms with Gasteiger partial charge in [-0.05, 0) is 30.2 Å². The molecule has 1 aromatic heterocycles. The molecule has 0 radical (unpaired) electrons. The minimum absolute atomic E-state index is 0.109. The van der Waals surface area contributed by atoms with Crippen molar-refractivity contribution in [1.82, 2.24) is 20.1 Å². The summed E-state index contributed by atoms with van der Waals surface area (Å²) in [5, 5.41) is 3.64. The van der Waals surface area contributed by atoms with Gasteiger partial charge in [0.05, 0.1) is 19.8 Å². The first-order valence-corrected chi connectivity index (χ1v) is 12.0. The van der Waals surface area contributed by atoms with Crippen LogP contribution in [-0.2, 0) is 17.8 Å². The molecule has 2 heterocycles. The van der Waals surface area contributed by atoms with Gasteiger partial charge in [0.1, 0.15) is 6.26 Å². The summed E-state index contributed by atoms with van der Waals surface area (Å²) < 4.78 is 11.1. The first-order chi connectivity index (χ1) is 16.6. The number of hydrogen-bond acceptors (Lipinski definition) is 6. The Morgan fingerprint density at radius 2 is 1.94 bits per heavy atom. The van der Waals surface area contributed by atoms with E-state index < -0.39 is 0 Å². The Hall–Kier alpha value is -2.71. The first-order valence-electron chi connectivity index (χ1n) is 11.6. The molecule has 1 saturated heterocycles. The highest BCUT2D eigenvalue weighted by Gasteiger charge is 2.21. The van der Waals surface area contributed by atoms with Gasteiger partial charge in [-0.25, -0.2) is 4.98 Å². The lowest BCUT2D eigenvalue weighted by Crippen LogP contribution is -2.41. The molecular formula is C26H31ClN4O3. The molecule has 4 rings (SSSR count). The molecule has 0 spiro atoms. The minimum atomic E-state index is -0.222. The zero-order chi connectivity index (χ0) is 23.8. The number of morpholine rings is 1. The fourth-order valence-corrected chi connectivity index (χ4v) is 4.26. The molecule has 180 valence electrons. The second-order valence-corrected chi connectivity index (χ2v) is 8.89. The van der Waals surface area contributed by atoms with Crippen LogP contribution in [0.25, 0.3) is 0 Å². The van der Waals surface area contributed by atoms with Gasteiger partial charge in [-0.1, -0.05) is 54.1 Å². The molecule has 2 aromatic carbocycles. The van der Waals surface area contributed by atoms with Crippen molar-refractivity contribution in [3.05, 3.63) is 88.6 Å². The molecule has 0 aliphatic carbocycles. The summed E-state index contributed by atoms with van der Waals surface area (Å²) in [7, 11) is 0. The standard InChI is InChI=1S/C26H31ClN4O3/c1-20(22-7-3-2-4-8-22)31(17-21-6-5-9-23(27)16-21)18-25-29-24(19-34-25)26(32)28-10-11-30-12-14-33-15-13-30/h2-9,16,19-20H,10-15,17-18H2,1H3,(H,28,32)/t20-/m1/s1. The second kappa shape index (κ2) is 12.1. The van der Waals surface area contributed by atoms with Crippen LogP contribution in [-0.4, -0.2) is 60.1 Å². The summed E-state index contributed by atoms with van der Waals surface area (Å²) in [6, 6.07) is 18.3. The summed E-state index contributed by atoms with van der Waals surface area (Å²) in [5.41, 5.74) is 2.59. The van der Waals surface area contributed by atoms with Crippen molar-refractivity contribution in [2.75, 3.05) is 39.4 Å². The van der Waals surface area contributed by atoms with E-state index in [0.717, 1.165) is 38.4 Å². The Morgan fingerprint density at radius 3 is 2.71 bits per heavy atom. The number of nitrogens with zero attached hydrogens (tertiary/aromatic N) is 3. The predicted octanol–water partition coefficient (Wildman–Crippen LogP) is 4.15. The largest absolute Gasteiger partial charge is 0.447 e. The molecule has 3 aromatic rings. The number of halogens is 1. The fourth-order valence-electron chi connectivity index (χ4n) is 4.05. The zero-order valence-corrected chi connectivity index (χ0v) is 20.2. The highest BCUT2D eigenvalue weighted by molar-refractivity contribution is 6.30. The Kier molecular flexibility index (Phi) is 8.71. The number of aromatic nitrogens is 1. The van der Waals surface area contributed by atoms with Crippen LogP contribution in [0.15, 0.2) is 65.3 Å². The molecule has 1 aliphatic heterocycles. The van der Waals surface area contributed by atoms with E-state index in [1.165, 1.54) is 11.8 Å². The third kappa shape index (κ3) is 6.90. The van der Waals surface area contributed by atoms with Crippen LogP contribution in [0.4, 0.5) is 0 Å². The van der Waals surface area contributed by atoms with Crippen molar-refractivity contribution in [2.45, 2.75) is 26.1 Å². The third-order valence-electron chi connectivity index (χ3n) is 6.04. The Labute approximate surface area is 205 Å². The van der Waals surface area contributed by atoms with E-state index in [4.69, 9.17) is 20.8 Å². The number of rotatable bonds is 10. The summed E-state index contributed by atoms with van der Waals surface area (Å²) in [5.74, 6) is 0.281. The van der Waals surface area contributed by atoms with E-state index in [2.05, 4.69) is 45.2 Å². The summed E-state index contributed by atoms with van der Waals surface area (Å²) in [4.78, 5) is 21.6. The predicted molar refractivity (Wildman–Crippen MR) is 132 cm³/mol. The van der Waals surface area contributed by atoms with Crippen molar-refractivity contribution in [3.8, 4) is 0 Å². The molecule has 0 bridgehead atoms. The van der Waals surface area contributed by atoms with Crippen LogP contribution in [0.2, 0.25) is 5.02 Å². The van der Waals surface area contributed by atoms with Crippen LogP contribution in [0, 0.1) is 0 Å². The van der Waals surface area contributed by atoms with Gasteiger partial charge in [0.15, 0.2) is 5.69 Å². The van der Waals surface area contributed by atoms with Gasteiger partial charge < -0.3 is 14.5 Å². The normalized spacial score (nSPS) is 15.4. The van der Waals surface area contributed by atoms with Gasteiger partial charge in [-0.3, -0.25) is 14.6 Å². The molecule has 34 heavy (non-hydrogen) atoms. The molecule has 1 aliphatic rings. The van der Waals surface area contributed by atoms with Crippen molar-refractivity contribution in [3.63, 3.8) is 0 Å². The van der Waals surface area contributed by atoms with Gasteiger partial charge in [0.25, 0.3) is 5.91 Å². The fraction of sp³-hybridized carbons (Fsp3) is 0.385. The molecule has 1 fully saturated rings. The number of ether oxygens (including phenoxy) is 1. The number of carbonyl (C=O) groups is 1. The maximum absolute atomic E-state index is 12.6. The number of carbonyl (C=O) groups excluding carboxylic acids is 1. The molecule has 0 unspecified atom stereocenters. The lowest BCUT2D eigenvalue weighted by molar-refractivity contribution is 0.0383. The van der Waals surface area contributed by atoms with Gasteiger partial charge in [0.2, 0.25) is 5.89 Å². The number of amides is 1. The van der Waals surface area contributed by atoms with Gasteiger partial charge in [-0.15, -0.1) is 0 Å². The lowest BCUT2D eigenvalue weighted by Gasteiger charge is -2.28. The molecular weight excluding hydrogens is 452 g/mol. The summed E-state index contributed by atoms with van der Waals surface area (Å²) >= 11 is 6.21. The van der Waals surface area contributed by atoms with Crippen LogP contribution < -0.4 is 5.32 Å². The minimum Gasteiger partial charge on any atom is -0.447 e. The number of hydrogen-bond donors (Lipinski definition) is 1. The van der Waals surface area contributed by atoms with Crippen molar-refractivity contribution < 1.29 is 13.9 Å². The number of benzene rings is 2. The van der Waals surface area contributed by atoms with E-state index in [1.54, 1.807) is 0 Å². The third-order valence-corrected chi connectivity index (χ3v) is 6.28. The average molecular weight is 483 g/mol. The molecule has 1 amide bonds. The Balaban J connectivity index is 1.40. The van der Waals surface area contributed by atoms with Crippen molar-refractivity contribution in [2.24, 2.45) is 0 Å². The van der Waals surface area contributed by atoms with Gasteiger partial charge in [-0.2, -0.15) is 0 Å². The number of nitrogens with one attached hydrogen (secondary N) is 1. The molecule has 1 N–H and O–H groups in total.